The molecule has 1 aromatic carbocycles. The molecule has 0 saturated carbocycles. The summed E-state index contributed by atoms with van der Waals surface area (Å²) >= 11 is 6.12. The van der Waals surface area contributed by atoms with Crippen molar-refractivity contribution in [3.8, 4) is 0 Å². The zero-order valence-corrected chi connectivity index (χ0v) is 18.2. The molecule has 1 aliphatic carbocycles. The molecule has 1 fully saturated rings. The summed E-state index contributed by atoms with van der Waals surface area (Å²) in [6.07, 6.45) is 4.56. The summed E-state index contributed by atoms with van der Waals surface area (Å²) < 4.78 is 0. The Morgan fingerprint density at radius 3 is 2.41 bits per heavy atom. The van der Waals surface area contributed by atoms with Gasteiger partial charge < -0.3 is 10.2 Å². The van der Waals surface area contributed by atoms with Crippen molar-refractivity contribution in [3.63, 3.8) is 0 Å². The lowest BCUT2D eigenvalue weighted by Crippen LogP contribution is -2.43. The van der Waals surface area contributed by atoms with Gasteiger partial charge in [-0.05, 0) is 55.7 Å². The van der Waals surface area contributed by atoms with Crippen LogP contribution in [0.1, 0.15) is 64.4 Å². The number of allylic oxidation sites excluding steroid dienone is 3. The molecule has 0 bridgehead atoms. The van der Waals surface area contributed by atoms with Crippen molar-refractivity contribution in [1.82, 2.24) is 10.2 Å². The van der Waals surface area contributed by atoms with E-state index in [0.29, 0.717) is 17.0 Å². The first-order chi connectivity index (χ1) is 13.8. The van der Waals surface area contributed by atoms with E-state index in [0.717, 1.165) is 54.9 Å². The van der Waals surface area contributed by atoms with Gasteiger partial charge in [-0.15, -0.1) is 0 Å². The highest BCUT2D eigenvalue weighted by molar-refractivity contribution is 6.30. The van der Waals surface area contributed by atoms with Gasteiger partial charge in [-0.2, -0.15) is 0 Å². The van der Waals surface area contributed by atoms with Crippen LogP contribution >= 0.6 is 11.6 Å². The molecule has 0 spiro atoms. The highest BCUT2D eigenvalue weighted by Crippen LogP contribution is 2.47. The minimum atomic E-state index is -0.332. The van der Waals surface area contributed by atoms with Crippen LogP contribution in [-0.2, 0) is 9.59 Å². The summed E-state index contributed by atoms with van der Waals surface area (Å²) in [6, 6.07) is 7.59. The number of halogens is 1. The number of carbonyl (C=O) groups excluding carboxylic acids is 2. The second-order valence-electron chi connectivity index (χ2n) is 9.33. The SMILES string of the molecule is CC1=C(C(=O)N2CCCCC2)C(c2ccc(Cl)cc2)C2=C(CC(C)(C)CC2=O)N1. The average Bonchev–Trinajstić information content (AvgIpc) is 2.67. The second-order valence-corrected chi connectivity index (χ2v) is 9.77. The number of piperidine rings is 1. The van der Waals surface area contributed by atoms with Crippen LogP contribution in [0.2, 0.25) is 5.02 Å². The van der Waals surface area contributed by atoms with Crippen molar-refractivity contribution in [2.24, 2.45) is 5.41 Å². The van der Waals surface area contributed by atoms with E-state index in [4.69, 9.17) is 11.6 Å². The number of nitrogens with one attached hydrogen (secondary N) is 1. The molecular weight excluding hydrogens is 384 g/mol. The van der Waals surface area contributed by atoms with Crippen molar-refractivity contribution in [2.75, 3.05) is 13.1 Å². The van der Waals surface area contributed by atoms with E-state index < -0.39 is 0 Å². The number of nitrogens with zero attached hydrogens (tertiary/aromatic N) is 1. The first kappa shape index (κ1) is 20.2. The van der Waals surface area contributed by atoms with E-state index in [9.17, 15) is 9.59 Å². The highest BCUT2D eigenvalue weighted by atomic mass is 35.5. The van der Waals surface area contributed by atoms with Gasteiger partial charge in [0.05, 0.1) is 0 Å². The zero-order valence-electron chi connectivity index (χ0n) is 17.5. The van der Waals surface area contributed by atoms with Crippen molar-refractivity contribution < 1.29 is 9.59 Å². The van der Waals surface area contributed by atoms with Crippen molar-refractivity contribution >= 4 is 23.3 Å². The van der Waals surface area contributed by atoms with Gasteiger partial charge in [0.15, 0.2) is 5.78 Å². The van der Waals surface area contributed by atoms with Crippen LogP contribution in [0.25, 0.3) is 0 Å². The predicted octanol–water partition coefficient (Wildman–Crippen LogP) is 4.96. The van der Waals surface area contributed by atoms with Crippen LogP contribution in [0.4, 0.5) is 0 Å². The first-order valence-electron chi connectivity index (χ1n) is 10.6. The summed E-state index contributed by atoms with van der Waals surface area (Å²) in [6.45, 7) is 7.80. The molecule has 0 aromatic heterocycles. The predicted molar refractivity (Wildman–Crippen MR) is 116 cm³/mol. The molecule has 1 atom stereocenters. The number of hydrogen-bond acceptors (Lipinski definition) is 3. The Morgan fingerprint density at radius 1 is 1.10 bits per heavy atom. The van der Waals surface area contributed by atoms with E-state index in [2.05, 4.69) is 19.2 Å². The summed E-state index contributed by atoms with van der Waals surface area (Å²) in [7, 11) is 0. The molecule has 2 aliphatic heterocycles. The molecule has 2 heterocycles. The zero-order chi connectivity index (χ0) is 20.8. The third-order valence-electron chi connectivity index (χ3n) is 6.32. The normalized spacial score (nSPS) is 24.3. The molecule has 1 N–H and O–H groups in total. The lowest BCUT2D eigenvalue weighted by molar-refractivity contribution is -0.128. The molecule has 0 radical (unpaired) electrons. The minimum absolute atomic E-state index is 0.0545. The largest absolute Gasteiger partial charge is 0.362 e. The first-order valence-corrected chi connectivity index (χ1v) is 10.9. The fraction of sp³-hybridized carbons (Fsp3) is 0.500. The fourth-order valence-electron chi connectivity index (χ4n) is 4.98. The minimum Gasteiger partial charge on any atom is -0.362 e. The number of carbonyl (C=O) groups is 2. The third-order valence-corrected chi connectivity index (χ3v) is 6.57. The van der Waals surface area contributed by atoms with Gasteiger partial charge in [0.2, 0.25) is 0 Å². The third kappa shape index (κ3) is 3.87. The topological polar surface area (TPSA) is 49.4 Å². The van der Waals surface area contributed by atoms with Gasteiger partial charge in [-0.3, -0.25) is 9.59 Å². The van der Waals surface area contributed by atoms with E-state index in [-0.39, 0.29) is 23.0 Å². The van der Waals surface area contributed by atoms with E-state index >= 15 is 0 Å². The Balaban J connectivity index is 1.82. The summed E-state index contributed by atoms with van der Waals surface area (Å²) in [4.78, 5) is 28.8. The number of Topliss-reactive ketones (excluding diaryl/α,β-unsaturated/α-hetero) is 1. The second kappa shape index (κ2) is 7.64. The number of amides is 1. The molecule has 1 unspecified atom stereocenters. The Bertz CT molecular complexity index is 905. The Labute approximate surface area is 178 Å². The smallest absolute Gasteiger partial charge is 0.252 e. The van der Waals surface area contributed by atoms with Crippen LogP contribution in [-0.4, -0.2) is 29.7 Å². The molecule has 4 nitrogen and oxygen atoms in total. The molecule has 4 rings (SSSR count). The maximum absolute atomic E-state index is 13.6. The van der Waals surface area contributed by atoms with E-state index in [1.807, 2.05) is 36.1 Å². The average molecular weight is 413 g/mol. The van der Waals surface area contributed by atoms with Crippen LogP contribution in [0.15, 0.2) is 46.8 Å². The highest BCUT2D eigenvalue weighted by Gasteiger charge is 2.43. The van der Waals surface area contributed by atoms with Crippen LogP contribution < -0.4 is 5.32 Å². The number of rotatable bonds is 2. The van der Waals surface area contributed by atoms with E-state index in [1.54, 1.807) is 0 Å². The summed E-state index contributed by atoms with van der Waals surface area (Å²) in [5, 5.41) is 4.10. The van der Waals surface area contributed by atoms with Gasteiger partial charge >= 0.3 is 0 Å². The lowest BCUT2D eigenvalue weighted by atomic mass is 9.68. The standard InChI is InChI=1S/C24H29ClN2O2/c1-15-20(23(29)27-11-5-4-6-12-27)21(16-7-9-17(25)10-8-16)22-18(26-15)13-24(2,3)14-19(22)28/h7-10,21,26H,4-6,11-14H2,1-3H3. The molecule has 1 saturated heterocycles. The molecule has 1 aromatic rings. The Kier molecular flexibility index (Phi) is 5.32. The lowest BCUT2D eigenvalue weighted by Gasteiger charge is -2.41. The van der Waals surface area contributed by atoms with Gasteiger partial charge in [-0.1, -0.05) is 37.6 Å². The fourth-order valence-corrected chi connectivity index (χ4v) is 5.10. The van der Waals surface area contributed by atoms with Crippen LogP contribution in [0.5, 0.6) is 0 Å². The number of likely N-dealkylation sites (tertiary alicyclic amines) is 1. The number of dihydropyridines is 1. The number of benzene rings is 1. The van der Waals surface area contributed by atoms with Gasteiger partial charge in [0, 0.05) is 53.0 Å². The molecule has 1 amide bonds. The number of hydrogen-bond donors (Lipinski definition) is 1. The van der Waals surface area contributed by atoms with Crippen LogP contribution in [0, 0.1) is 5.41 Å². The van der Waals surface area contributed by atoms with Crippen molar-refractivity contribution in [1.29, 1.82) is 0 Å². The van der Waals surface area contributed by atoms with Gasteiger partial charge in [-0.25, -0.2) is 0 Å². The quantitative estimate of drug-likeness (QED) is 0.747. The maximum Gasteiger partial charge on any atom is 0.252 e. The van der Waals surface area contributed by atoms with Crippen LogP contribution in [0.3, 0.4) is 0 Å². The molecule has 29 heavy (non-hydrogen) atoms. The van der Waals surface area contributed by atoms with Crippen molar-refractivity contribution in [3.05, 3.63) is 57.4 Å². The molecular formula is C24H29ClN2O2. The van der Waals surface area contributed by atoms with Crippen molar-refractivity contribution in [2.45, 2.75) is 58.8 Å². The van der Waals surface area contributed by atoms with Gasteiger partial charge in [0.1, 0.15) is 0 Å². The summed E-state index contributed by atoms with van der Waals surface area (Å²) in [5.41, 5.74) is 4.18. The maximum atomic E-state index is 13.6. The van der Waals surface area contributed by atoms with Gasteiger partial charge in [0.25, 0.3) is 5.91 Å². The molecule has 154 valence electrons. The molecule has 5 heteroatoms. The summed E-state index contributed by atoms with van der Waals surface area (Å²) in [5.74, 6) is -0.138. The monoisotopic (exact) mass is 412 g/mol. The number of ketones is 1. The Morgan fingerprint density at radius 2 is 1.76 bits per heavy atom. The Hall–Kier alpha value is -2.07. The van der Waals surface area contributed by atoms with E-state index in [1.165, 1.54) is 6.42 Å². The molecule has 3 aliphatic rings.